The third-order valence-electron chi connectivity index (χ3n) is 4.90. The average Bonchev–Trinajstić information content (AvgIpc) is 3.16. The molecule has 0 saturated carbocycles. The van der Waals surface area contributed by atoms with Crippen molar-refractivity contribution < 1.29 is 19.0 Å². The maximum atomic E-state index is 12.9. The lowest BCUT2D eigenvalue weighted by Gasteiger charge is -2.09. The molecule has 0 bridgehead atoms. The van der Waals surface area contributed by atoms with Gasteiger partial charge in [0.05, 0.1) is 32.2 Å². The smallest absolute Gasteiger partial charge is 0.267 e. The van der Waals surface area contributed by atoms with Crippen LogP contribution in [0.25, 0.3) is 21.5 Å². The molecule has 8 heteroatoms. The lowest BCUT2D eigenvalue weighted by molar-refractivity contribution is 0.103. The molecular formula is C24H23N3O4S. The molecule has 0 aliphatic rings. The molecule has 0 fully saturated rings. The lowest BCUT2D eigenvalue weighted by atomic mass is 10.1. The zero-order valence-electron chi connectivity index (χ0n) is 18.0. The van der Waals surface area contributed by atoms with Crippen LogP contribution in [-0.2, 0) is 0 Å². The van der Waals surface area contributed by atoms with Gasteiger partial charge in [-0.1, -0.05) is 0 Å². The molecule has 7 nitrogen and oxygen atoms in total. The molecule has 3 N–H and O–H groups in total. The summed E-state index contributed by atoms with van der Waals surface area (Å²) in [5.41, 5.74) is 8.98. The van der Waals surface area contributed by atoms with Gasteiger partial charge in [-0.15, -0.1) is 11.3 Å². The molecule has 2 heterocycles. The van der Waals surface area contributed by atoms with Crippen molar-refractivity contribution in [2.24, 2.45) is 0 Å². The molecule has 2 aromatic heterocycles. The SMILES string of the molecule is CCOc1ccc(NC(=O)c2sc3nc(-c4ccc(OC)c(OC)c4)ccc3c2N)cc1. The molecule has 164 valence electrons. The van der Waals surface area contributed by atoms with Crippen molar-refractivity contribution in [1.29, 1.82) is 0 Å². The Labute approximate surface area is 189 Å². The molecule has 0 saturated heterocycles. The van der Waals surface area contributed by atoms with Gasteiger partial charge in [0.15, 0.2) is 11.5 Å². The van der Waals surface area contributed by atoms with Crippen LogP contribution in [-0.4, -0.2) is 31.7 Å². The van der Waals surface area contributed by atoms with Crippen molar-refractivity contribution in [3.8, 4) is 28.5 Å². The number of carbonyl (C=O) groups is 1. The minimum absolute atomic E-state index is 0.276. The summed E-state index contributed by atoms with van der Waals surface area (Å²) in [5, 5.41) is 3.63. The Kier molecular flexibility index (Phi) is 6.13. The number of nitrogen functional groups attached to an aromatic ring is 1. The largest absolute Gasteiger partial charge is 0.494 e. The molecule has 0 unspecified atom stereocenters. The quantitative estimate of drug-likeness (QED) is 0.402. The monoisotopic (exact) mass is 449 g/mol. The fourth-order valence-electron chi connectivity index (χ4n) is 3.31. The molecule has 2 aromatic carbocycles. The fraction of sp³-hybridized carbons (Fsp3) is 0.167. The Hall–Kier alpha value is -3.78. The summed E-state index contributed by atoms with van der Waals surface area (Å²) in [4.78, 5) is 18.7. The molecule has 1 amide bonds. The van der Waals surface area contributed by atoms with E-state index in [0.717, 1.165) is 22.4 Å². The molecule has 4 rings (SSSR count). The summed E-state index contributed by atoms with van der Waals surface area (Å²) in [7, 11) is 3.18. The summed E-state index contributed by atoms with van der Waals surface area (Å²) < 4.78 is 16.1. The van der Waals surface area contributed by atoms with Crippen molar-refractivity contribution in [1.82, 2.24) is 4.98 Å². The average molecular weight is 450 g/mol. The van der Waals surface area contributed by atoms with E-state index < -0.39 is 0 Å². The van der Waals surface area contributed by atoms with E-state index in [4.69, 9.17) is 24.9 Å². The zero-order chi connectivity index (χ0) is 22.7. The maximum absolute atomic E-state index is 12.9. The minimum Gasteiger partial charge on any atom is -0.494 e. The van der Waals surface area contributed by atoms with E-state index in [1.54, 1.807) is 26.4 Å². The predicted octanol–water partition coefficient (Wildman–Crippen LogP) is 5.21. The van der Waals surface area contributed by atoms with Crippen LogP contribution in [0.4, 0.5) is 11.4 Å². The number of nitrogens with one attached hydrogen (secondary N) is 1. The number of benzene rings is 2. The van der Waals surface area contributed by atoms with Crippen LogP contribution in [0.15, 0.2) is 54.6 Å². The Balaban J connectivity index is 1.62. The number of nitrogens with zero attached hydrogens (tertiary/aromatic N) is 1. The van der Waals surface area contributed by atoms with Gasteiger partial charge in [0.2, 0.25) is 0 Å². The van der Waals surface area contributed by atoms with Crippen LogP contribution in [0, 0.1) is 0 Å². The van der Waals surface area contributed by atoms with E-state index >= 15 is 0 Å². The summed E-state index contributed by atoms with van der Waals surface area (Å²) in [6.45, 7) is 2.51. The number of pyridine rings is 1. The van der Waals surface area contributed by atoms with Crippen molar-refractivity contribution in [2.45, 2.75) is 6.92 Å². The van der Waals surface area contributed by atoms with E-state index in [9.17, 15) is 4.79 Å². The van der Waals surface area contributed by atoms with E-state index in [0.29, 0.717) is 39.2 Å². The topological polar surface area (TPSA) is 95.7 Å². The number of aromatic nitrogens is 1. The number of carbonyl (C=O) groups excluding carboxylic acids is 1. The number of anilines is 2. The van der Waals surface area contributed by atoms with Gasteiger partial charge in [-0.3, -0.25) is 4.79 Å². The Morgan fingerprint density at radius 1 is 1.03 bits per heavy atom. The van der Waals surface area contributed by atoms with E-state index in [1.165, 1.54) is 11.3 Å². The van der Waals surface area contributed by atoms with Gasteiger partial charge in [-0.05, 0) is 61.5 Å². The molecule has 0 radical (unpaired) electrons. The Bertz CT molecular complexity index is 1270. The first-order valence-corrected chi connectivity index (χ1v) is 10.8. The lowest BCUT2D eigenvalue weighted by Crippen LogP contribution is -2.11. The van der Waals surface area contributed by atoms with Gasteiger partial charge in [-0.25, -0.2) is 4.98 Å². The maximum Gasteiger partial charge on any atom is 0.267 e. The molecule has 0 aliphatic heterocycles. The standard InChI is InChI=1S/C24H23N3O4S/c1-4-31-16-8-6-15(7-9-16)26-23(28)22-21(25)17-10-11-18(27-24(17)32-22)14-5-12-19(29-2)20(13-14)30-3/h5-13H,4,25H2,1-3H3,(H,26,28). The second-order valence-corrected chi connectivity index (χ2v) is 7.87. The van der Waals surface area contributed by atoms with Gasteiger partial charge in [0.1, 0.15) is 15.5 Å². The van der Waals surface area contributed by atoms with Gasteiger partial charge in [0.25, 0.3) is 5.91 Å². The highest BCUT2D eigenvalue weighted by Crippen LogP contribution is 2.36. The first-order valence-electron chi connectivity index (χ1n) is 9.99. The highest BCUT2D eigenvalue weighted by atomic mass is 32.1. The predicted molar refractivity (Wildman–Crippen MR) is 128 cm³/mol. The van der Waals surface area contributed by atoms with Crippen LogP contribution in [0.5, 0.6) is 17.2 Å². The molecule has 0 atom stereocenters. The minimum atomic E-state index is -0.276. The number of ether oxygens (including phenoxy) is 3. The number of methoxy groups -OCH3 is 2. The number of amides is 1. The highest BCUT2D eigenvalue weighted by molar-refractivity contribution is 7.21. The summed E-state index contributed by atoms with van der Waals surface area (Å²) in [5.74, 6) is 1.74. The number of hydrogen-bond acceptors (Lipinski definition) is 7. The van der Waals surface area contributed by atoms with Crippen molar-refractivity contribution >= 4 is 38.8 Å². The van der Waals surface area contributed by atoms with Crippen molar-refractivity contribution in [2.75, 3.05) is 31.9 Å². The van der Waals surface area contributed by atoms with Crippen LogP contribution >= 0.6 is 11.3 Å². The summed E-state index contributed by atoms with van der Waals surface area (Å²) in [6, 6.07) is 16.6. The van der Waals surface area contributed by atoms with Gasteiger partial charge < -0.3 is 25.3 Å². The molecular weight excluding hydrogens is 426 g/mol. The third kappa shape index (κ3) is 4.17. The van der Waals surface area contributed by atoms with Gasteiger partial charge in [-0.2, -0.15) is 0 Å². The number of hydrogen-bond donors (Lipinski definition) is 2. The normalized spacial score (nSPS) is 10.7. The molecule has 0 spiro atoms. The summed E-state index contributed by atoms with van der Waals surface area (Å²) >= 11 is 1.26. The van der Waals surface area contributed by atoms with Gasteiger partial charge in [0, 0.05) is 16.6 Å². The third-order valence-corrected chi connectivity index (χ3v) is 6.02. The zero-order valence-corrected chi connectivity index (χ0v) is 18.8. The molecule has 32 heavy (non-hydrogen) atoms. The number of thiophene rings is 1. The van der Waals surface area contributed by atoms with Crippen molar-refractivity contribution in [3.63, 3.8) is 0 Å². The number of nitrogens with two attached hydrogens (primary N) is 1. The van der Waals surface area contributed by atoms with E-state index in [-0.39, 0.29) is 5.91 Å². The van der Waals surface area contributed by atoms with E-state index in [1.807, 2.05) is 49.4 Å². The van der Waals surface area contributed by atoms with Crippen LogP contribution < -0.4 is 25.3 Å². The highest BCUT2D eigenvalue weighted by Gasteiger charge is 2.18. The van der Waals surface area contributed by atoms with Crippen LogP contribution in [0.3, 0.4) is 0 Å². The molecule has 4 aromatic rings. The second-order valence-electron chi connectivity index (χ2n) is 6.88. The first kappa shape index (κ1) is 21.5. The first-order chi connectivity index (χ1) is 15.5. The van der Waals surface area contributed by atoms with E-state index in [2.05, 4.69) is 5.32 Å². The Morgan fingerprint density at radius 2 is 1.78 bits per heavy atom. The van der Waals surface area contributed by atoms with Crippen molar-refractivity contribution in [3.05, 3.63) is 59.5 Å². The van der Waals surface area contributed by atoms with Gasteiger partial charge >= 0.3 is 0 Å². The Morgan fingerprint density at radius 3 is 2.47 bits per heavy atom. The summed E-state index contributed by atoms with van der Waals surface area (Å²) in [6.07, 6.45) is 0. The number of rotatable bonds is 7. The number of fused-ring (bicyclic) bond motifs is 1. The van der Waals surface area contributed by atoms with Crippen LogP contribution in [0.1, 0.15) is 16.6 Å². The fourth-order valence-corrected chi connectivity index (χ4v) is 4.30. The second kappa shape index (κ2) is 9.15. The van der Waals surface area contributed by atoms with Crippen LogP contribution in [0.2, 0.25) is 0 Å². The molecule has 0 aliphatic carbocycles.